The van der Waals surface area contributed by atoms with E-state index in [1.807, 2.05) is 0 Å². The number of hydrogen-bond donors (Lipinski definition) is 0. The summed E-state index contributed by atoms with van der Waals surface area (Å²) < 4.78 is 33.2. The van der Waals surface area contributed by atoms with Gasteiger partial charge in [0, 0.05) is 11.2 Å². The molecule has 136 valence electrons. The molecular weight excluding hydrogens is 395 g/mol. The molecule has 0 bridgehead atoms. The molecule has 0 aliphatic carbocycles. The van der Waals surface area contributed by atoms with Crippen molar-refractivity contribution in [3.8, 4) is 0 Å². The molecule has 0 radical (unpaired) electrons. The first kappa shape index (κ1) is 18.9. The summed E-state index contributed by atoms with van der Waals surface area (Å²) in [6.45, 7) is 1.87. The van der Waals surface area contributed by atoms with Crippen LogP contribution in [0.5, 0.6) is 0 Å². The summed E-state index contributed by atoms with van der Waals surface area (Å²) in [5.41, 5.74) is 1.25. The molecule has 1 aromatic carbocycles. The zero-order chi connectivity index (χ0) is 18.7. The van der Waals surface area contributed by atoms with Crippen molar-refractivity contribution in [2.45, 2.75) is 24.9 Å². The van der Waals surface area contributed by atoms with Crippen molar-refractivity contribution >= 4 is 33.2 Å². The minimum atomic E-state index is -3.90. The Labute approximate surface area is 162 Å². The molecule has 2 heterocycles. The van der Waals surface area contributed by atoms with Gasteiger partial charge in [-0.2, -0.15) is 4.31 Å². The molecule has 0 aliphatic heterocycles. The van der Waals surface area contributed by atoms with Crippen LogP contribution in [-0.4, -0.2) is 17.7 Å². The summed E-state index contributed by atoms with van der Waals surface area (Å²) in [6.07, 6.45) is 3.12. The fourth-order valence-electron chi connectivity index (χ4n) is 2.44. The fraction of sp³-hybridized carbons (Fsp3) is 0.167. The molecule has 0 N–H and O–H groups in total. The quantitative estimate of drug-likeness (QED) is 0.591. The topological polar surface area (TPSA) is 63.4 Å². The summed E-state index contributed by atoms with van der Waals surface area (Å²) in [5.74, 6) is 0.520. The molecule has 0 fully saturated rings. The Balaban J connectivity index is 2.03. The molecule has 0 spiro atoms. The smallest absolute Gasteiger partial charge is 0.245 e. The van der Waals surface area contributed by atoms with Crippen LogP contribution in [0.1, 0.15) is 17.0 Å². The normalized spacial score (nSPS) is 11.8. The molecule has 0 amide bonds. The third-order valence-corrected chi connectivity index (χ3v) is 6.47. The van der Waals surface area contributed by atoms with Crippen LogP contribution in [0, 0.1) is 6.92 Å². The van der Waals surface area contributed by atoms with E-state index in [1.54, 1.807) is 43.5 Å². The lowest BCUT2D eigenvalue weighted by Crippen LogP contribution is -2.30. The van der Waals surface area contributed by atoms with Crippen LogP contribution in [0.15, 0.2) is 64.2 Å². The van der Waals surface area contributed by atoms with Gasteiger partial charge < -0.3 is 4.42 Å². The zero-order valence-corrected chi connectivity index (χ0v) is 16.2. The highest BCUT2D eigenvalue weighted by molar-refractivity contribution is 7.89. The Kier molecular flexibility index (Phi) is 5.67. The van der Waals surface area contributed by atoms with Crippen LogP contribution in [0.3, 0.4) is 0 Å². The van der Waals surface area contributed by atoms with Gasteiger partial charge in [-0.15, -0.1) is 0 Å². The molecule has 0 atom stereocenters. The molecule has 3 aromatic rings. The number of halogens is 2. The van der Waals surface area contributed by atoms with Crippen LogP contribution in [0.4, 0.5) is 0 Å². The SMILES string of the molecule is Cc1cc(S(=O)(=O)N(Cc2ccccn2)Cc2ccco2)c(Cl)cc1Cl. The number of benzene rings is 1. The van der Waals surface area contributed by atoms with E-state index in [-0.39, 0.29) is 23.0 Å². The maximum Gasteiger partial charge on any atom is 0.245 e. The first-order valence-corrected chi connectivity index (χ1v) is 9.95. The van der Waals surface area contributed by atoms with Gasteiger partial charge in [0.05, 0.1) is 30.1 Å². The summed E-state index contributed by atoms with van der Waals surface area (Å²) >= 11 is 12.2. The fourth-order valence-corrected chi connectivity index (χ4v) is 4.63. The van der Waals surface area contributed by atoms with Crippen molar-refractivity contribution in [2.24, 2.45) is 0 Å². The first-order valence-electron chi connectivity index (χ1n) is 7.76. The van der Waals surface area contributed by atoms with Crippen molar-refractivity contribution in [3.05, 3.63) is 82.0 Å². The van der Waals surface area contributed by atoms with Crippen LogP contribution >= 0.6 is 23.2 Å². The van der Waals surface area contributed by atoms with Crippen molar-refractivity contribution in [1.29, 1.82) is 0 Å². The molecule has 0 saturated carbocycles. The monoisotopic (exact) mass is 410 g/mol. The lowest BCUT2D eigenvalue weighted by molar-refractivity contribution is 0.355. The van der Waals surface area contributed by atoms with Gasteiger partial charge in [0.15, 0.2) is 0 Å². The number of aromatic nitrogens is 1. The van der Waals surface area contributed by atoms with Crippen molar-refractivity contribution < 1.29 is 12.8 Å². The molecule has 26 heavy (non-hydrogen) atoms. The van der Waals surface area contributed by atoms with Crippen LogP contribution in [0.2, 0.25) is 10.0 Å². The van der Waals surface area contributed by atoms with Gasteiger partial charge in [-0.1, -0.05) is 29.3 Å². The predicted octanol–water partition coefficient (Wildman–Crippen LogP) is 4.68. The Morgan fingerprint density at radius 1 is 1.08 bits per heavy atom. The van der Waals surface area contributed by atoms with E-state index >= 15 is 0 Å². The minimum Gasteiger partial charge on any atom is -0.468 e. The van der Waals surface area contributed by atoms with Gasteiger partial charge in [0.1, 0.15) is 10.7 Å². The van der Waals surface area contributed by atoms with Crippen molar-refractivity contribution in [2.75, 3.05) is 0 Å². The van der Waals surface area contributed by atoms with E-state index in [1.165, 1.54) is 22.7 Å². The highest BCUT2D eigenvalue weighted by Crippen LogP contribution is 2.31. The number of sulfonamides is 1. The van der Waals surface area contributed by atoms with Gasteiger partial charge in [-0.3, -0.25) is 4.98 Å². The summed E-state index contributed by atoms with van der Waals surface area (Å²) in [5, 5.41) is 0.488. The number of nitrogens with zero attached hydrogens (tertiary/aromatic N) is 2. The molecular formula is C18H16Cl2N2O3S. The van der Waals surface area contributed by atoms with Gasteiger partial charge in [-0.05, 0) is 48.9 Å². The number of hydrogen-bond acceptors (Lipinski definition) is 4. The Hall–Kier alpha value is -1.86. The first-order chi connectivity index (χ1) is 12.4. The highest BCUT2D eigenvalue weighted by atomic mass is 35.5. The van der Waals surface area contributed by atoms with Crippen LogP contribution in [-0.2, 0) is 23.1 Å². The van der Waals surface area contributed by atoms with Crippen LogP contribution < -0.4 is 0 Å². The predicted molar refractivity (Wildman–Crippen MR) is 101 cm³/mol. The van der Waals surface area contributed by atoms with Gasteiger partial charge in [-0.25, -0.2) is 8.42 Å². The van der Waals surface area contributed by atoms with E-state index in [4.69, 9.17) is 27.6 Å². The van der Waals surface area contributed by atoms with E-state index in [0.29, 0.717) is 22.0 Å². The van der Waals surface area contributed by atoms with E-state index in [0.717, 1.165) is 0 Å². The summed E-state index contributed by atoms with van der Waals surface area (Å²) in [7, 11) is -3.90. The Morgan fingerprint density at radius 2 is 1.88 bits per heavy atom. The van der Waals surface area contributed by atoms with Crippen molar-refractivity contribution in [1.82, 2.24) is 9.29 Å². The maximum absolute atomic E-state index is 13.3. The van der Waals surface area contributed by atoms with E-state index < -0.39 is 10.0 Å². The standard InChI is InChI=1S/C18H16Cl2N2O3S/c1-13-9-18(17(20)10-16(13)19)26(23,24)22(12-15-6-4-8-25-15)11-14-5-2-3-7-21-14/h2-10H,11-12H2,1H3. The zero-order valence-electron chi connectivity index (χ0n) is 13.9. The molecule has 0 saturated heterocycles. The van der Waals surface area contributed by atoms with Gasteiger partial charge in [0.25, 0.3) is 0 Å². The summed E-state index contributed by atoms with van der Waals surface area (Å²) in [4.78, 5) is 4.22. The lowest BCUT2D eigenvalue weighted by atomic mass is 10.2. The average Bonchev–Trinajstić information content (AvgIpc) is 3.11. The third-order valence-electron chi connectivity index (χ3n) is 3.81. The van der Waals surface area contributed by atoms with Gasteiger partial charge in [0.2, 0.25) is 10.0 Å². The molecule has 0 aliphatic rings. The largest absolute Gasteiger partial charge is 0.468 e. The molecule has 8 heteroatoms. The van der Waals surface area contributed by atoms with Gasteiger partial charge >= 0.3 is 0 Å². The third kappa shape index (κ3) is 4.10. The second kappa shape index (κ2) is 7.80. The van der Waals surface area contributed by atoms with E-state index in [9.17, 15) is 8.42 Å². The number of aryl methyl sites for hydroxylation is 1. The second-order valence-electron chi connectivity index (χ2n) is 5.71. The molecule has 5 nitrogen and oxygen atoms in total. The Morgan fingerprint density at radius 3 is 2.54 bits per heavy atom. The van der Waals surface area contributed by atoms with E-state index in [2.05, 4.69) is 4.98 Å². The second-order valence-corrected chi connectivity index (χ2v) is 8.43. The minimum absolute atomic E-state index is 0.00329. The number of pyridine rings is 1. The summed E-state index contributed by atoms with van der Waals surface area (Å²) in [6, 6.07) is 11.7. The number of furan rings is 1. The maximum atomic E-state index is 13.3. The lowest BCUT2D eigenvalue weighted by Gasteiger charge is -2.22. The molecule has 2 aromatic heterocycles. The van der Waals surface area contributed by atoms with Crippen LogP contribution in [0.25, 0.3) is 0 Å². The Bertz CT molecular complexity index is 991. The molecule has 3 rings (SSSR count). The van der Waals surface area contributed by atoms with Crippen molar-refractivity contribution in [3.63, 3.8) is 0 Å². The highest BCUT2D eigenvalue weighted by Gasteiger charge is 2.29. The molecule has 0 unspecified atom stereocenters. The number of rotatable bonds is 6. The average molecular weight is 411 g/mol.